The molecule has 0 saturated carbocycles. The highest BCUT2D eigenvalue weighted by molar-refractivity contribution is 5.29. The molecular weight excluding hydrogens is 339 g/mol. The van der Waals surface area contributed by atoms with Gasteiger partial charge in [0.05, 0.1) is 12.2 Å². The molecule has 1 unspecified atom stereocenters. The summed E-state index contributed by atoms with van der Waals surface area (Å²) in [5, 5.41) is 0. The zero-order valence-corrected chi connectivity index (χ0v) is 14.7. The first-order valence-corrected chi connectivity index (χ1v) is 9.07. The van der Waals surface area contributed by atoms with Gasteiger partial charge in [0.15, 0.2) is 0 Å². The van der Waals surface area contributed by atoms with E-state index in [0.717, 1.165) is 31.7 Å². The first kappa shape index (κ1) is 18.8. The summed E-state index contributed by atoms with van der Waals surface area (Å²) in [7, 11) is 0. The normalized spacial score (nSPS) is 18.2. The summed E-state index contributed by atoms with van der Waals surface area (Å²) >= 11 is 0. The quantitative estimate of drug-likeness (QED) is 0.683. The zero-order chi connectivity index (χ0) is 18.4. The summed E-state index contributed by atoms with van der Waals surface area (Å²) in [6.45, 7) is 3.24. The van der Waals surface area contributed by atoms with Crippen LogP contribution in [0.2, 0.25) is 0 Å². The molecule has 2 aromatic rings. The van der Waals surface area contributed by atoms with Crippen LogP contribution in [-0.2, 0) is 12.6 Å². The number of nitrogens with zero attached hydrogens (tertiary/aromatic N) is 1. The van der Waals surface area contributed by atoms with Crippen molar-refractivity contribution in [2.75, 3.05) is 26.2 Å². The van der Waals surface area contributed by atoms with Crippen LogP contribution >= 0.6 is 0 Å². The molecule has 0 spiro atoms. The Kier molecular flexibility index (Phi) is 6.20. The molecule has 2 nitrogen and oxygen atoms in total. The Bertz CT molecular complexity index is 687. The fourth-order valence-electron chi connectivity index (χ4n) is 3.51. The Balaban J connectivity index is 1.42. The van der Waals surface area contributed by atoms with E-state index in [2.05, 4.69) is 4.90 Å². The molecule has 1 fully saturated rings. The number of ether oxygens (including phenoxy) is 1. The second-order valence-corrected chi connectivity index (χ2v) is 6.81. The molecule has 0 bridgehead atoms. The summed E-state index contributed by atoms with van der Waals surface area (Å²) in [6, 6.07) is 15.6. The molecule has 0 radical (unpaired) electrons. The van der Waals surface area contributed by atoms with E-state index in [9.17, 15) is 13.2 Å². The fraction of sp³-hybridized carbons (Fsp3) is 0.429. The van der Waals surface area contributed by atoms with Crippen molar-refractivity contribution >= 4 is 0 Å². The number of para-hydroxylation sites is 1. The summed E-state index contributed by atoms with van der Waals surface area (Å²) in [4.78, 5) is 2.26. The van der Waals surface area contributed by atoms with E-state index in [-0.39, 0.29) is 0 Å². The molecule has 1 atom stereocenters. The third kappa shape index (κ3) is 5.24. The monoisotopic (exact) mass is 363 g/mol. The standard InChI is InChI=1S/C21H24F3NO/c22-21(23,24)20-9-5-4-6-18(20)11-14-25-13-10-17(16-25)12-15-26-19-7-2-1-3-8-19/h1-9,17H,10-16H2. The highest BCUT2D eigenvalue weighted by Gasteiger charge is 2.33. The minimum absolute atomic E-state index is 0.385. The Morgan fingerprint density at radius 2 is 1.73 bits per heavy atom. The molecule has 1 saturated heterocycles. The SMILES string of the molecule is FC(F)(F)c1ccccc1CCN1CCC(CCOc2ccccc2)C1. The van der Waals surface area contributed by atoms with Crippen LogP contribution in [0.25, 0.3) is 0 Å². The predicted molar refractivity (Wildman–Crippen MR) is 96.2 cm³/mol. The molecule has 1 aliphatic rings. The first-order valence-electron chi connectivity index (χ1n) is 9.07. The van der Waals surface area contributed by atoms with E-state index >= 15 is 0 Å². The van der Waals surface area contributed by atoms with E-state index in [1.165, 1.54) is 12.1 Å². The van der Waals surface area contributed by atoms with Crippen LogP contribution < -0.4 is 4.74 Å². The van der Waals surface area contributed by atoms with Gasteiger partial charge in [-0.05, 0) is 55.5 Å². The lowest BCUT2D eigenvalue weighted by Crippen LogP contribution is -2.24. The molecule has 0 aliphatic carbocycles. The van der Waals surface area contributed by atoms with Crippen LogP contribution in [0.4, 0.5) is 13.2 Å². The molecular formula is C21H24F3NO. The van der Waals surface area contributed by atoms with Gasteiger partial charge in [0.2, 0.25) is 0 Å². The van der Waals surface area contributed by atoms with Crippen LogP contribution in [-0.4, -0.2) is 31.1 Å². The van der Waals surface area contributed by atoms with Gasteiger partial charge in [-0.25, -0.2) is 0 Å². The third-order valence-corrected chi connectivity index (χ3v) is 4.93. The van der Waals surface area contributed by atoms with Crippen molar-refractivity contribution in [1.82, 2.24) is 4.90 Å². The summed E-state index contributed by atoms with van der Waals surface area (Å²) in [6.07, 6.45) is -1.79. The van der Waals surface area contributed by atoms with E-state index in [1.54, 1.807) is 12.1 Å². The van der Waals surface area contributed by atoms with Crippen LogP contribution in [0, 0.1) is 5.92 Å². The number of halogens is 3. The maximum absolute atomic E-state index is 13.1. The lowest BCUT2D eigenvalue weighted by atomic mass is 10.0. The van der Waals surface area contributed by atoms with Crippen LogP contribution in [0.1, 0.15) is 24.0 Å². The van der Waals surface area contributed by atoms with Crippen molar-refractivity contribution in [2.24, 2.45) is 5.92 Å². The molecule has 3 rings (SSSR count). The smallest absolute Gasteiger partial charge is 0.416 e. The molecule has 0 amide bonds. The average molecular weight is 363 g/mol. The topological polar surface area (TPSA) is 12.5 Å². The Labute approximate surface area is 152 Å². The minimum Gasteiger partial charge on any atom is -0.494 e. The van der Waals surface area contributed by atoms with Crippen molar-refractivity contribution in [2.45, 2.75) is 25.4 Å². The molecule has 0 aromatic heterocycles. The third-order valence-electron chi connectivity index (χ3n) is 4.93. The maximum Gasteiger partial charge on any atom is 0.416 e. The minimum atomic E-state index is -4.28. The first-order chi connectivity index (χ1) is 12.5. The predicted octanol–water partition coefficient (Wildman–Crippen LogP) is 5.04. The fourth-order valence-corrected chi connectivity index (χ4v) is 3.51. The second-order valence-electron chi connectivity index (χ2n) is 6.81. The molecule has 1 aliphatic heterocycles. The lowest BCUT2D eigenvalue weighted by molar-refractivity contribution is -0.138. The lowest BCUT2D eigenvalue weighted by Gasteiger charge is -2.18. The summed E-state index contributed by atoms with van der Waals surface area (Å²) in [5.74, 6) is 1.43. The summed E-state index contributed by atoms with van der Waals surface area (Å²) < 4.78 is 44.9. The van der Waals surface area contributed by atoms with Crippen LogP contribution in [0.5, 0.6) is 5.75 Å². The molecule has 2 aromatic carbocycles. The van der Waals surface area contributed by atoms with Gasteiger partial charge in [-0.3, -0.25) is 0 Å². The largest absolute Gasteiger partial charge is 0.494 e. The number of alkyl halides is 3. The van der Waals surface area contributed by atoms with E-state index in [4.69, 9.17) is 4.74 Å². The molecule has 140 valence electrons. The highest BCUT2D eigenvalue weighted by atomic mass is 19.4. The van der Waals surface area contributed by atoms with Crippen molar-refractivity contribution in [1.29, 1.82) is 0 Å². The van der Waals surface area contributed by atoms with E-state index < -0.39 is 11.7 Å². The van der Waals surface area contributed by atoms with Gasteiger partial charge in [0.25, 0.3) is 0 Å². The van der Waals surface area contributed by atoms with E-state index in [1.807, 2.05) is 30.3 Å². The van der Waals surface area contributed by atoms with Gasteiger partial charge < -0.3 is 9.64 Å². The zero-order valence-electron chi connectivity index (χ0n) is 14.7. The summed E-state index contributed by atoms with van der Waals surface area (Å²) in [5.41, 5.74) is -0.122. The number of rotatable bonds is 7. The van der Waals surface area contributed by atoms with Crippen molar-refractivity contribution in [3.63, 3.8) is 0 Å². The number of hydrogen-bond acceptors (Lipinski definition) is 2. The average Bonchev–Trinajstić information content (AvgIpc) is 3.08. The second kappa shape index (κ2) is 8.58. The molecule has 1 heterocycles. The van der Waals surface area contributed by atoms with Crippen molar-refractivity contribution in [3.05, 3.63) is 65.7 Å². The molecule has 26 heavy (non-hydrogen) atoms. The van der Waals surface area contributed by atoms with Gasteiger partial charge in [-0.2, -0.15) is 13.2 Å². The Morgan fingerprint density at radius 3 is 2.50 bits per heavy atom. The maximum atomic E-state index is 13.1. The number of benzene rings is 2. The molecule has 0 N–H and O–H groups in total. The van der Waals surface area contributed by atoms with Crippen molar-refractivity contribution < 1.29 is 17.9 Å². The Hall–Kier alpha value is -2.01. The van der Waals surface area contributed by atoms with Crippen LogP contribution in [0.15, 0.2) is 54.6 Å². The van der Waals surface area contributed by atoms with Gasteiger partial charge in [-0.15, -0.1) is 0 Å². The van der Waals surface area contributed by atoms with Crippen molar-refractivity contribution in [3.8, 4) is 5.75 Å². The number of likely N-dealkylation sites (tertiary alicyclic amines) is 1. The van der Waals surface area contributed by atoms with Crippen LogP contribution in [0.3, 0.4) is 0 Å². The number of hydrogen-bond donors (Lipinski definition) is 0. The van der Waals surface area contributed by atoms with Gasteiger partial charge in [-0.1, -0.05) is 36.4 Å². The van der Waals surface area contributed by atoms with Gasteiger partial charge >= 0.3 is 6.18 Å². The van der Waals surface area contributed by atoms with Gasteiger partial charge in [0.1, 0.15) is 5.75 Å². The highest BCUT2D eigenvalue weighted by Crippen LogP contribution is 2.32. The Morgan fingerprint density at radius 1 is 1.00 bits per heavy atom. The van der Waals surface area contributed by atoms with Gasteiger partial charge in [0, 0.05) is 13.1 Å². The molecule has 5 heteroatoms. The van der Waals surface area contributed by atoms with E-state index in [0.29, 0.717) is 31.1 Å².